The van der Waals surface area contributed by atoms with Crippen LogP contribution < -0.4 is 16.4 Å². The predicted octanol–water partition coefficient (Wildman–Crippen LogP) is 3.30. The van der Waals surface area contributed by atoms with Gasteiger partial charge in [0.05, 0.1) is 11.4 Å². The van der Waals surface area contributed by atoms with Crippen molar-refractivity contribution in [3.63, 3.8) is 0 Å². The Labute approximate surface area is 142 Å². The highest BCUT2D eigenvalue weighted by molar-refractivity contribution is 6.06. The Bertz CT molecular complexity index is 731. The van der Waals surface area contributed by atoms with Crippen molar-refractivity contribution in [3.8, 4) is 0 Å². The molecule has 5 nitrogen and oxygen atoms in total. The van der Waals surface area contributed by atoms with E-state index in [1.54, 1.807) is 48.5 Å². The van der Waals surface area contributed by atoms with Crippen molar-refractivity contribution >= 4 is 23.2 Å². The van der Waals surface area contributed by atoms with Crippen LogP contribution in [0.1, 0.15) is 41.5 Å². The van der Waals surface area contributed by atoms with Crippen LogP contribution in [0, 0.1) is 5.41 Å². The summed E-state index contributed by atoms with van der Waals surface area (Å²) >= 11 is 0. The lowest BCUT2D eigenvalue weighted by Crippen LogP contribution is -2.32. The van der Waals surface area contributed by atoms with E-state index in [2.05, 4.69) is 31.4 Å². The fourth-order valence-electron chi connectivity index (χ4n) is 2.03. The predicted molar refractivity (Wildman–Crippen MR) is 97.0 cm³/mol. The van der Waals surface area contributed by atoms with Crippen LogP contribution >= 0.6 is 0 Å². The topological polar surface area (TPSA) is 84.2 Å². The van der Waals surface area contributed by atoms with Gasteiger partial charge in [0.15, 0.2) is 0 Å². The third-order valence-electron chi connectivity index (χ3n) is 3.40. The Morgan fingerprint density at radius 1 is 0.917 bits per heavy atom. The fourth-order valence-corrected chi connectivity index (χ4v) is 2.03. The van der Waals surface area contributed by atoms with Crippen molar-refractivity contribution in [1.29, 1.82) is 0 Å². The Balaban J connectivity index is 2.02. The van der Waals surface area contributed by atoms with Gasteiger partial charge in [0.1, 0.15) is 0 Å². The van der Waals surface area contributed by atoms with Gasteiger partial charge in [0, 0.05) is 17.7 Å². The lowest BCUT2D eigenvalue weighted by atomic mass is 9.97. The highest BCUT2D eigenvalue weighted by atomic mass is 16.2. The average molecular weight is 325 g/mol. The molecule has 0 fully saturated rings. The molecule has 2 aromatic rings. The molecule has 24 heavy (non-hydrogen) atoms. The molecule has 0 bridgehead atoms. The van der Waals surface area contributed by atoms with Crippen molar-refractivity contribution in [3.05, 3.63) is 59.7 Å². The summed E-state index contributed by atoms with van der Waals surface area (Å²) < 4.78 is 0. The second-order valence-corrected chi connectivity index (χ2v) is 6.86. The molecular formula is C19H23N3O2. The zero-order valence-electron chi connectivity index (χ0n) is 14.2. The molecule has 0 aliphatic heterocycles. The molecule has 5 heteroatoms. The molecule has 0 atom stereocenters. The molecule has 4 N–H and O–H groups in total. The van der Waals surface area contributed by atoms with E-state index >= 15 is 0 Å². The summed E-state index contributed by atoms with van der Waals surface area (Å²) in [5.41, 5.74) is 7.89. The summed E-state index contributed by atoms with van der Waals surface area (Å²) in [5, 5.41) is 5.63. The SMILES string of the molecule is CC(C)(C)CNC(=O)c1ccc(C(=O)Nc2ccccc2N)cc1. The third-order valence-corrected chi connectivity index (χ3v) is 3.40. The number of hydrogen-bond donors (Lipinski definition) is 3. The molecule has 126 valence electrons. The Morgan fingerprint density at radius 3 is 2.00 bits per heavy atom. The lowest BCUT2D eigenvalue weighted by Gasteiger charge is -2.18. The first-order valence-electron chi connectivity index (χ1n) is 7.80. The zero-order chi connectivity index (χ0) is 17.7. The van der Waals surface area contributed by atoms with Crippen molar-refractivity contribution in [2.24, 2.45) is 5.41 Å². The van der Waals surface area contributed by atoms with Crippen molar-refractivity contribution < 1.29 is 9.59 Å². The molecule has 0 unspecified atom stereocenters. The number of nitrogen functional groups attached to an aromatic ring is 1. The minimum absolute atomic E-state index is 0.0189. The number of nitrogens with one attached hydrogen (secondary N) is 2. The van der Waals surface area contributed by atoms with Gasteiger partial charge in [0.2, 0.25) is 0 Å². The van der Waals surface area contributed by atoms with Gasteiger partial charge in [-0.1, -0.05) is 32.9 Å². The quantitative estimate of drug-likeness (QED) is 0.754. The van der Waals surface area contributed by atoms with Crippen molar-refractivity contribution in [2.45, 2.75) is 20.8 Å². The van der Waals surface area contributed by atoms with E-state index in [1.165, 1.54) is 0 Å². The number of rotatable bonds is 4. The average Bonchev–Trinajstić information content (AvgIpc) is 2.54. The number of para-hydroxylation sites is 2. The van der Waals surface area contributed by atoms with Crippen LogP contribution in [0.25, 0.3) is 0 Å². The number of carbonyl (C=O) groups excluding carboxylic acids is 2. The molecule has 0 spiro atoms. The molecule has 0 aromatic heterocycles. The molecule has 0 aliphatic carbocycles. The van der Waals surface area contributed by atoms with E-state index in [0.29, 0.717) is 29.0 Å². The zero-order valence-corrected chi connectivity index (χ0v) is 14.2. The van der Waals surface area contributed by atoms with E-state index in [9.17, 15) is 9.59 Å². The Hall–Kier alpha value is -2.82. The number of hydrogen-bond acceptors (Lipinski definition) is 3. The highest BCUT2D eigenvalue weighted by Crippen LogP contribution is 2.18. The van der Waals surface area contributed by atoms with Crippen LogP contribution in [-0.2, 0) is 0 Å². The maximum atomic E-state index is 12.2. The van der Waals surface area contributed by atoms with E-state index in [4.69, 9.17) is 5.73 Å². The van der Waals surface area contributed by atoms with Gasteiger partial charge in [-0.15, -0.1) is 0 Å². The summed E-state index contributed by atoms with van der Waals surface area (Å²) in [6.07, 6.45) is 0. The second-order valence-electron chi connectivity index (χ2n) is 6.86. The van der Waals surface area contributed by atoms with Crippen LogP contribution in [-0.4, -0.2) is 18.4 Å². The van der Waals surface area contributed by atoms with Gasteiger partial charge < -0.3 is 16.4 Å². The van der Waals surface area contributed by atoms with E-state index in [-0.39, 0.29) is 17.2 Å². The van der Waals surface area contributed by atoms with Gasteiger partial charge in [-0.2, -0.15) is 0 Å². The summed E-state index contributed by atoms with van der Waals surface area (Å²) in [6.45, 7) is 6.74. The molecule has 2 rings (SSSR count). The maximum absolute atomic E-state index is 12.2. The Kier molecular flexibility index (Phi) is 5.24. The number of carbonyl (C=O) groups is 2. The van der Waals surface area contributed by atoms with Crippen molar-refractivity contribution in [1.82, 2.24) is 5.32 Å². The first-order chi connectivity index (χ1) is 11.3. The summed E-state index contributed by atoms with van der Waals surface area (Å²) in [6, 6.07) is 13.6. The molecule has 2 aromatic carbocycles. The molecule has 0 saturated carbocycles. The van der Waals surface area contributed by atoms with Crippen LogP contribution in [0.3, 0.4) is 0 Å². The van der Waals surface area contributed by atoms with Gasteiger partial charge in [0.25, 0.3) is 11.8 Å². The van der Waals surface area contributed by atoms with Gasteiger partial charge in [-0.3, -0.25) is 9.59 Å². The van der Waals surface area contributed by atoms with Crippen LogP contribution in [0.5, 0.6) is 0 Å². The lowest BCUT2D eigenvalue weighted by molar-refractivity contribution is 0.0938. The standard InChI is InChI=1S/C19H23N3O2/c1-19(2,3)12-21-17(23)13-8-10-14(11-9-13)18(24)22-16-7-5-4-6-15(16)20/h4-11H,12,20H2,1-3H3,(H,21,23)(H,22,24). The monoisotopic (exact) mass is 325 g/mol. The molecule has 2 amide bonds. The largest absolute Gasteiger partial charge is 0.397 e. The van der Waals surface area contributed by atoms with Gasteiger partial charge in [-0.25, -0.2) is 0 Å². The van der Waals surface area contributed by atoms with E-state index in [0.717, 1.165) is 0 Å². The Morgan fingerprint density at radius 2 is 1.46 bits per heavy atom. The van der Waals surface area contributed by atoms with Crippen LogP contribution in [0.2, 0.25) is 0 Å². The molecule has 0 aliphatic rings. The van der Waals surface area contributed by atoms with Gasteiger partial charge in [-0.05, 0) is 41.8 Å². The van der Waals surface area contributed by atoms with E-state index < -0.39 is 0 Å². The fraction of sp³-hybridized carbons (Fsp3) is 0.263. The molecule has 0 radical (unpaired) electrons. The number of anilines is 2. The molecule has 0 heterocycles. The molecular weight excluding hydrogens is 302 g/mol. The first kappa shape index (κ1) is 17.5. The minimum Gasteiger partial charge on any atom is -0.397 e. The molecule has 0 saturated heterocycles. The summed E-state index contributed by atoms with van der Waals surface area (Å²) in [5.74, 6) is -0.418. The smallest absolute Gasteiger partial charge is 0.255 e. The summed E-state index contributed by atoms with van der Waals surface area (Å²) in [7, 11) is 0. The second kappa shape index (κ2) is 7.17. The number of nitrogens with two attached hydrogens (primary N) is 1. The first-order valence-corrected chi connectivity index (χ1v) is 7.80. The normalized spacial score (nSPS) is 11.0. The summed E-state index contributed by atoms with van der Waals surface area (Å²) in [4.78, 5) is 24.3. The maximum Gasteiger partial charge on any atom is 0.255 e. The number of amides is 2. The number of benzene rings is 2. The van der Waals surface area contributed by atoms with E-state index in [1.807, 2.05) is 0 Å². The van der Waals surface area contributed by atoms with Crippen LogP contribution in [0.4, 0.5) is 11.4 Å². The van der Waals surface area contributed by atoms with Crippen molar-refractivity contribution in [2.75, 3.05) is 17.6 Å². The van der Waals surface area contributed by atoms with Crippen LogP contribution in [0.15, 0.2) is 48.5 Å². The minimum atomic E-state index is -0.269. The third kappa shape index (κ3) is 4.84. The van der Waals surface area contributed by atoms with Gasteiger partial charge >= 0.3 is 0 Å². The highest BCUT2D eigenvalue weighted by Gasteiger charge is 2.14.